The Balaban J connectivity index is 5.18. The van der Waals surface area contributed by atoms with Gasteiger partial charge in [-0.25, -0.2) is 0 Å². The van der Waals surface area contributed by atoms with Crippen molar-refractivity contribution in [2.24, 2.45) is 0 Å². The second kappa shape index (κ2) is 12.7. The molecule has 26 heavy (non-hydrogen) atoms. The van der Waals surface area contributed by atoms with Gasteiger partial charge in [0, 0.05) is 6.42 Å². The van der Waals surface area contributed by atoms with Gasteiger partial charge < -0.3 is 14.3 Å². The van der Waals surface area contributed by atoms with Crippen LogP contribution >= 0.6 is 0 Å². The molecule has 0 aromatic rings. The number of rotatable bonds is 14. The van der Waals surface area contributed by atoms with E-state index >= 15 is 0 Å². The highest BCUT2D eigenvalue weighted by Crippen LogP contribution is 2.15. The van der Waals surface area contributed by atoms with Crippen molar-refractivity contribution in [3.05, 3.63) is 0 Å². The van der Waals surface area contributed by atoms with Crippen LogP contribution in [0.3, 0.4) is 0 Å². The number of nitrogens with zero attached hydrogens (tertiary/aromatic N) is 1. The number of ether oxygens (including phenoxy) is 1. The summed E-state index contributed by atoms with van der Waals surface area (Å²) in [5.41, 5.74) is -0.623. The topological polar surface area (TPSA) is 83.8 Å². The molecule has 154 valence electrons. The Bertz CT molecular complexity index is 526. The van der Waals surface area contributed by atoms with E-state index in [1.54, 1.807) is 0 Å². The molecule has 0 aromatic carbocycles. The van der Waals surface area contributed by atoms with Gasteiger partial charge >= 0.3 is 0 Å². The van der Waals surface area contributed by atoms with E-state index in [0.717, 1.165) is 43.3 Å². The lowest BCUT2D eigenvalue weighted by molar-refractivity contribution is -0.922. The quantitative estimate of drug-likeness (QED) is 0.269. The third-order valence-corrected chi connectivity index (χ3v) is 5.17. The Morgan fingerprint density at radius 3 is 2.04 bits per heavy atom. The zero-order valence-corrected chi connectivity index (χ0v) is 17.8. The molecule has 0 bridgehead atoms. The Morgan fingerprint density at radius 2 is 1.58 bits per heavy atom. The van der Waals surface area contributed by atoms with Crippen LogP contribution in [-0.2, 0) is 14.9 Å². The molecular weight excluding hydrogens is 354 g/mol. The summed E-state index contributed by atoms with van der Waals surface area (Å²) in [5, 5.41) is 8.90. The largest absolute Gasteiger partial charge is 0.394 e. The third-order valence-electron chi connectivity index (χ3n) is 4.36. The molecule has 0 saturated carbocycles. The summed E-state index contributed by atoms with van der Waals surface area (Å²) in [4.78, 5) is 0. The summed E-state index contributed by atoms with van der Waals surface area (Å²) in [6, 6.07) is 0. The van der Waals surface area contributed by atoms with Gasteiger partial charge in [0.05, 0.1) is 38.6 Å². The zero-order valence-electron chi connectivity index (χ0n) is 17.0. The van der Waals surface area contributed by atoms with E-state index in [2.05, 4.69) is 25.7 Å². The van der Waals surface area contributed by atoms with Crippen molar-refractivity contribution >= 4 is 10.1 Å². The number of aliphatic hydroxyl groups excluding tert-OH is 1. The molecule has 0 spiro atoms. The average Bonchev–Trinajstić information content (AvgIpc) is 2.55. The number of quaternary nitrogens is 1. The van der Waals surface area contributed by atoms with Gasteiger partial charge in [-0.3, -0.25) is 4.55 Å². The fraction of sp³-hybridized carbons (Fsp3) is 0.895. The maximum absolute atomic E-state index is 11.1. The highest BCUT2D eigenvalue weighted by Gasteiger charge is 2.26. The van der Waals surface area contributed by atoms with E-state index < -0.39 is 15.7 Å². The lowest BCUT2D eigenvalue weighted by atomic mass is 10.1. The molecule has 0 amide bonds. The van der Waals surface area contributed by atoms with Crippen molar-refractivity contribution in [1.29, 1.82) is 0 Å². The SMILES string of the molecule is CCCC[N+](CC#CC(C)(C)OCCO)(CCCC)CCCS(=O)(=O)O. The maximum Gasteiger partial charge on any atom is 0.265 e. The van der Waals surface area contributed by atoms with E-state index in [4.69, 9.17) is 14.4 Å². The van der Waals surface area contributed by atoms with E-state index in [1.807, 2.05) is 13.8 Å². The second-order valence-corrected chi connectivity index (χ2v) is 8.97. The summed E-state index contributed by atoms with van der Waals surface area (Å²) >= 11 is 0. The highest BCUT2D eigenvalue weighted by molar-refractivity contribution is 7.85. The van der Waals surface area contributed by atoms with Crippen LogP contribution in [0, 0.1) is 11.8 Å². The molecule has 0 saturated heterocycles. The minimum Gasteiger partial charge on any atom is -0.394 e. The second-order valence-electron chi connectivity index (χ2n) is 7.40. The number of aliphatic hydroxyl groups is 1. The predicted octanol–water partition coefficient (Wildman–Crippen LogP) is 2.47. The normalized spacial score (nSPS) is 12.7. The van der Waals surface area contributed by atoms with Gasteiger partial charge in [0.15, 0.2) is 0 Å². The van der Waals surface area contributed by atoms with Crippen molar-refractivity contribution in [2.45, 2.75) is 65.4 Å². The fourth-order valence-corrected chi connectivity index (χ4v) is 3.39. The van der Waals surface area contributed by atoms with Crippen molar-refractivity contribution in [2.75, 3.05) is 45.1 Å². The van der Waals surface area contributed by atoms with Gasteiger partial charge in [-0.15, -0.1) is 0 Å². The molecule has 0 atom stereocenters. The molecular formula is C19H38NO5S+. The maximum atomic E-state index is 11.1. The van der Waals surface area contributed by atoms with E-state index in [0.29, 0.717) is 19.5 Å². The number of unbranched alkanes of at least 4 members (excludes halogenated alkanes) is 2. The summed E-state index contributed by atoms with van der Waals surface area (Å²) in [7, 11) is -3.93. The van der Waals surface area contributed by atoms with E-state index in [1.165, 1.54) is 0 Å². The molecule has 0 rings (SSSR count). The standard InChI is InChI=1S/C19H37NO5S/c1-5-7-12-20(13-8-6-2,15-10-18-26(22,23)24)14-9-11-19(3,4)25-17-16-21/h21H,5-8,10,12-18H2,1-4H3/p+1. The summed E-state index contributed by atoms with van der Waals surface area (Å²) < 4.78 is 37.5. The molecule has 0 unspecified atom stereocenters. The van der Waals surface area contributed by atoms with Crippen LogP contribution in [-0.4, -0.2) is 73.3 Å². The third kappa shape index (κ3) is 12.7. The average molecular weight is 393 g/mol. The van der Waals surface area contributed by atoms with Gasteiger partial charge in [0.2, 0.25) is 0 Å². The minimum atomic E-state index is -3.93. The Morgan fingerprint density at radius 1 is 1.04 bits per heavy atom. The van der Waals surface area contributed by atoms with Gasteiger partial charge in [-0.05, 0) is 32.6 Å². The zero-order chi connectivity index (χ0) is 20.1. The van der Waals surface area contributed by atoms with E-state index in [-0.39, 0.29) is 19.0 Å². The first-order chi connectivity index (χ1) is 12.1. The first-order valence-electron chi connectivity index (χ1n) is 9.65. The van der Waals surface area contributed by atoms with Gasteiger partial charge in [0.25, 0.3) is 10.1 Å². The van der Waals surface area contributed by atoms with Crippen molar-refractivity contribution in [1.82, 2.24) is 0 Å². The Labute approximate surface area is 160 Å². The molecule has 0 aliphatic carbocycles. The highest BCUT2D eigenvalue weighted by atomic mass is 32.2. The first kappa shape index (κ1) is 25.4. The Kier molecular flexibility index (Phi) is 12.4. The number of hydrogen-bond acceptors (Lipinski definition) is 4. The Hall–Kier alpha value is -0.650. The summed E-state index contributed by atoms with van der Waals surface area (Å²) in [6.45, 7) is 11.5. The van der Waals surface area contributed by atoms with Crippen LogP contribution < -0.4 is 0 Å². The lowest BCUT2D eigenvalue weighted by Crippen LogP contribution is -2.51. The van der Waals surface area contributed by atoms with Crippen LogP contribution in [0.1, 0.15) is 59.8 Å². The van der Waals surface area contributed by atoms with Crippen LogP contribution in [0.4, 0.5) is 0 Å². The molecule has 0 radical (unpaired) electrons. The smallest absolute Gasteiger partial charge is 0.265 e. The minimum absolute atomic E-state index is 0.0340. The number of hydrogen-bond donors (Lipinski definition) is 2. The molecule has 7 heteroatoms. The van der Waals surface area contributed by atoms with Crippen LogP contribution in [0.25, 0.3) is 0 Å². The van der Waals surface area contributed by atoms with Gasteiger partial charge in [0.1, 0.15) is 12.1 Å². The van der Waals surface area contributed by atoms with Crippen LogP contribution in [0.5, 0.6) is 0 Å². The molecule has 0 heterocycles. The summed E-state index contributed by atoms with van der Waals surface area (Å²) in [6.07, 6.45) is 4.69. The van der Waals surface area contributed by atoms with Gasteiger partial charge in [-0.2, -0.15) is 8.42 Å². The monoisotopic (exact) mass is 392 g/mol. The molecule has 2 N–H and O–H groups in total. The van der Waals surface area contributed by atoms with Crippen molar-refractivity contribution < 1.29 is 27.3 Å². The molecule has 0 aromatic heterocycles. The summed E-state index contributed by atoms with van der Waals surface area (Å²) in [5.74, 6) is 6.18. The van der Waals surface area contributed by atoms with Gasteiger partial charge in [-0.1, -0.05) is 32.6 Å². The molecule has 0 fully saturated rings. The van der Waals surface area contributed by atoms with Crippen LogP contribution in [0.15, 0.2) is 0 Å². The van der Waals surface area contributed by atoms with Crippen molar-refractivity contribution in [3.8, 4) is 11.8 Å². The van der Waals surface area contributed by atoms with Crippen molar-refractivity contribution in [3.63, 3.8) is 0 Å². The fourth-order valence-electron chi connectivity index (χ4n) is 2.90. The molecule has 0 aliphatic rings. The lowest BCUT2D eigenvalue weighted by Gasteiger charge is -2.37. The molecule has 0 aliphatic heterocycles. The first-order valence-corrected chi connectivity index (χ1v) is 11.3. The van der Waals surface area contributed by atoms with E-state index in [9.17, 15) is 8.42 Å². The predicted molar refractivity (Wildman–Crippen MR) is 105 cm³/mol. The molecule has 6 nitrogen and oxygen atoms in total. The van der Waals surface area contributed by atoms with Crippen LogP contribution in [0.2, 0.25) is 0 Å².